The van der Waals surface area contributed by atoms with Crippen molar-refractivity contribution in [1.29, 1.82) is 0 Å². The summed E-state index contributed by atoms with van der Waals surface area (Å²) < 4.78 is 0. The fraction of sp³-hybridized carbons (Fsp3) is 0.741. The molecule has 1 atom stereocenters. The van der Waals surface area contributed by atoms with Crippen LogP contribution in [0.4, 0.5) is 4.79 Å². The number of hydrogen-bond donors (Lipinski definition) is 1. The quantitative estimate of drug-likeness (QED) is 0.575. The van der Waals surface area contributed by atoms with Crippen molar-refractivity contribution in [2.75, 3.05) is 13.1 Å². The van der Waals surface area contributed by atoms with E-state index in [4.69, 9.17) is 0 Å². The molecule has 1 aliphatic heterocycles. The molecule has 1 heterocycles. The molecule has 1 aromatic carbocycles. The second kappa shape index (κ2) is 9.52. The second-order valence-corrected chi connectivity index (χ2v) is 10.8. The highest BCUT2D eigenvalue weighted by molar-refractivity contribution is 5.75. The van der Waals surface area contributed by atoms with Crippen molar-refractivity contribution in [3.05, 3.63) is 35.4 Å². The average Bonchev–Trinajstić information content (AvgIpc) is 2.89. The van der Waals surface area contributed by atoms with Crippen LogP contribution in [0.3, 0.4) is 0 Å². The molecule has 174 valence electrons. The van der Waals surface area contributed by atoms with E-state index in [9.17, 15) is 4.79 Å². The molecule has 1 N–H and O–H groups in total. The smallest absolute Gasteiger partial charge is 0.318 e. The first-order chi connectivity index (χ1) is 14.9. The van der Waals surface area contributed by atoms with E-state index in [-0.39, 0.29) is 31.0 Å². The van der Waals surface area contributed by atoms with Gasteiger partial charge in [-0.1, -0.05) is 49.9 Å². The number of nitrogens with zero attached hydrogens (tertiary/aromatic N) is 2. The number of urea groups is 1. The first-order valence-electron chi connectivity index (χ1n) is 12.8. The van der Waals surface area contributed by atoms with E-state index < -0.39 is 0 Å². The summed E-state index contributed by atoms with van der Waals surface area (Å²) in [7, 11) is 0. The maximum atomic E-state index is 13.2. The maximum Gasteiger partial charge on any atom is 0.318 e. The van der Waals surface area contributed by atoms with Gasteiger partial charge < -0.3 is 15.1 Å². The summed E-state index contributed by atoms with van der Waals surface area (Å²) in [6.45, 7) is 10.8. The van der Waals surface area contributed by atoms with Gasteiger partial charge in [-0.2, -0.15) is 0 Å². The van der Waals surface area contributed by atoms with Crippen LogP contribution in [0.1, 0.15) is 104 Å². The molecular weight excluding hydrogens is 382 g/mol. The Hall–Kier alpha value is -1.55. The molecule has 0 aromatic heterocycles. The molecule has 2 aliphatic carbocycles. The average molecular weight is 428 g/mol. The highest BCUT2D eigenvalue weighted by atomic mass is 16.2. The molecular formula is C27H45N3O. The van der Waals surface area contributed by atoms with Gasteiger partial charge in [0.1, 0.15) is 0 Å². The molecule has 4 heteroatoms. The number of amides is 2. The number of nitrogens with one attached hydrogen (secondary N) is 1. The third kappa shape index (κ3) is 4.65. The van der Waals surface area contributed by atoms with E-state index in [0.717, 1.165) is 12.5 Å². The van der Waals surface area contributed by atoms with Crippen molar-refractivity contribution in [2.45, 2.75) is 115 Å². The minimum atomic E-state index is 0. The van der Waals surface area contributed by atoms with Gasteiger partial charge in [-0.25, -0.2) is 4.79 Å². The minimum absolute atomic E-state index is 0. The van der Waals surface area contributed by atoms with Crippen LogP contribution in [0.25, 0.3) is 0 Å². The lowest BCUT2D eigenvalue weighted by atomic mass is 9.73. The number of fused-ring (bicyclic) bond motifs is 2. The lowest BCUT2D eigenvalue weighted by Gasteiger charge is -2.43. The van der Waals surface area contributed by atoms with Crippen molar-refractivity contribution in [2.24, 2.45) is 0 Å². The Morgan fingerprint density at radius 1 is 1.03 bits per heavy atom. The van der Waals surface area contributed by atoms with Gasteiger partial charge in [0.15, 0.2) is 0 Å². The summed E-state index contributed by atoms with van der Waals surface area (Å²) >= 11 is 0. The number of rotatable bonds is 4. The van der Waals surface area contributed by atoms with Crippen LogP contribution < -0.4 is 5.32 Å². The van der Waals surface area contributed by atoms with Crippen molar-refractivity contribution < 1.29 is 6.22 Å². The highest BCUT2D eigenvalue weighted by Gasteiger charge is 2.46. The van der Waals surface area contributed by atoms with Crippen molar-refractivity contribution in [1.82, 2.24) is 15.1 Å². The molecule has 2 amide bonds. The summed E-state index contributed by atoms with van der Waals surface area (Å²) in [6.07, 6.45) is 12.0. The number of benzene rings is 1. The number of carbonyl (C=O) groups excluding carboxylic acids is 1. The Morgan fingerprint density at radius 2 is 1.65 bits per heavy atom. The molecule has 4 nitrogen and oxygen atoms in total. The third-order valence-electron chi connectivity index (χ3n) is 8.24. The van der Waals surface area contributed by atoms with Gasteiger partial charge in [-0.05, 0) is 84.0 Å². The Morgan fingerprint density at radius 3 is 2.26 bits per heavy atom. The predicted octanol–water partition coefficient (Wildman–Crippen LogP) is 6.26. The molecule has 1 saturated carbocycles. The summed E-state index contributed by atoms with van der Waals surface area (Å²) in [5.41, 5.74) is 3.09. The van der Waals surface area contributed by atoms with Gasteiger partial charge in [-0.15, -0.1) is 0 Å². The van der Waals surface area contributed by atoms with Crippen LogP contribution in [-0.2, 0) is 5.41 Å². The van der Waals surface area contributed by atoms with Gasteiger partial charge >= 0.3 is 6.03 Å². The summed E-state index contributed by atoms with van der Waals surface area (Å²) in [5, 5.41) is 3.43. The van der Waals surface area contributed by atoms with Crippen LogP contribution in [0, 0.1) is 0 Å². The fourth-order valence-electron chi connectivity index (χ4n) is 6.73. The molecule has 1 spiro atoms. The van der Waals surface area contributed by atoms with Crippen LogP contribution in [0.2, 0.25) is 0 Å². The molecule has 2 fully saturated rings. The van der Waals surface area contributed by atoms with E-state index in [1.165, 1.54) is 75.6 Å². The molecule has 0 radical (unpaired) electrons. The van der Waals surface area contributed by atoms with E-state index in [2.05, 4.69) is 62.2 Å². The van der Waals surface area contributed by atoms with Gasteiger partial charge in [0.05, 0.1) is 6.04 Å². The molecule has 1 saturated heterocycles. The van der Waals surface area contributed by atoms with E-state index >= 15 is 0 Å². The molecule has 0 unspecified atom stereocenters. The maximum absolute atomic E-state index is 13.2. The number of likely N-dealkylation sites (tertiary alicyclic amines) is 1. The standard InChI is InChI=1S/C27H43N3O.H2/c1-20(2)30(21(3)4)26(31)28-25-19-27(24-14-10-9-13-23(24)25)15-17-29(18-16-27)22-11-7-5-6-8-12-22;/h9-10,13-14,20-22,25H,5-8,11-12,15-19H2,1-4H3,(H,28,31);1H/t25-;/m0./s1. The van der Waals surface area contributed by atoms with E-state index in [0.29, 0.717) is 0 Å². The lowest BCUT2D eigenvalue weighted by molar-refractivity contribution is 0.101. The van der Waals surface area contributed by atoms with Gasteiger partial charge in [0.2, 0.25) is 0 Å². The van der Waals surface area contributed by atoms with E-state index in [1.807, 2.05) is 4.90 Å². The Kier molecular flexibility index (Phi) is 6.95. The zero-order chi connectivity index (χ0) is 22.0. The lowest BCUT2D eigenvalue weighted by Crippen LogP contribution is -2.49. The highest BCUT2D eigenvalue weighted by Crippen LogP contribution is 2.51. The summed E-state index contributed by atoms with van der Waals surface area (Å²) in [5.74, 6) is 0. The zero-order valence-electron chi connectivity index (χ0n) is 20.2. The number of piperidine rings is 1. The Balaban J connectivity index is 0.00000289. The molecule has 0 bridgehead atoms. The minimum Gasteiger partial charge on any atom is -0.331 e. The monoisotopic (exact) mass is 427 g/mol. The summed E-state index contributed by atoms with van der Waals surface area (Å²) in [6, 6.07) is 10.3. The number of hydrogen-bond acceptors (Lipinski definition) is 2. The first kappa shape index (κ1) is 22.6. The Bertz CT molecular complexity index is 741. The van der Waals surface area contributed by atoms with Gasteiger partial charge in [-0.3, -0.25) is 0 Å². The topological polar surface area (TPSA) is 35.6 Å². The molecule has 1 aromatic rings. The van der Waals surface area contributed by atoms with Gasteiger partial charge in [0.25, 0.3) is 0 Å². The van der Waals surface area contributed by atoms with E-state index in [1.54, 1.807) is 0 Å². The predicted molar refractivity (Wildman–Crippen MR) is 131 cm³/mol. The van der Waals surface area contributed by atoms with Crippen molar-refractivity contribution in [3.8, 4) is 0 Å². The second-order valence-electron chi connectivity index (χ2n) is 10.8. The summed E-state index contributed by atoms with van der Waals surface area (Å²) in [4.78, 5) is 17.9. The first-order valence-corrected chi connectivity index (χ1v) is 12.8. The largest absolute Gasteiger partial charge is 0.331 e. The van der Waals surface area contributed by atoms with Crippen LogP contribution in [0.5, 0.6) is 0 Å². The Labute approximate surface area is 191 Å². The normalized spacial score (nSPS) is 24.4. The molecule has 31 heavy (non-hydrogen) atoms. The molecule has 4 rings (SSSR count). The van der Waals surface area contributed by atoms with Crippen LogP contribution in [-0.4, -0.2) is 47.0 Å². The van der Waals surface area contributed by atoms with Crippen LogP contribution >= 0.6 is 0 Å². The third-order valence-corrected chi connectivity index (χ3v) is 8.24. The molecule has 3 aliphatic rings. The van der Waals surface area contributed by atoms with Gasteiger partial charge in [0, 0.05) is 25.0 Å². The van der Waals surface area contributed by atoms with Crippen molar-refractivity contribution >= 4 is 6.03 Å². The number of carbonyl (C=O) groups is 1. The zero-order valence-corrected chi connectivity index (χ0v) is 20.2. The SMILES string of the molecule is CC(C)N(C(=O)N[C@H]1CC2(CCN(C3CCCCCC3)CC2)c2ccccc21)C(C)C.[HH]. The van der Waals surface area contributed by atoms with Crippen LogP contribution in [0.15, 0.2) is 24.3 Å². The van der Waals surface area contributed by atoms with Crippen molar-refractivity contribution in [3.63, 3.8) is 0 Å². The fourth-order valence-corrected chi connectivity index (χ4v) is 6.73.